The van der Waals surface area contributed by atoms with Crippen molar-refractivity contribution in [3.63, 3.8) is 0 Å². The monoisotopic (exact) mass is 244 g/mol. The van der Waals surface area contributed by atoms with Gasteiger partial charge in [-0.25, -0.2) is 0 Å². The van der Waals surface area contributed by atoms with Gasteiger partial charge in [0.05, 0.1) is 6.20 Å². The lowest BCUT2D eigenvalue weighted by Crippen LogP contribution is -2.08. The van der Waals surface area contributed by atoms with Crippen molar-refractivity contribution in [3.8, 4) is 11.5 Å². The molecule has 0 bridgehead atoms. The van der Waals surface area contributed by atoms with Crippen LogP contribution in [0, 0.1) is 6.92 Å². The van der Waals surface area contributed by atoms with Gasteiger partial charge in [-0.3, -0.25) is 4.98 Å². The number of ether oxygens (including phenoxy) is 1. The maximum absolute atomic E-state index is 5.62. The number of nitrogens with two attached hydrogens (primary N) is 1. The first kappa shape index (κ1) is 11.5. The zero-order valence-electron chi connectivity index (χ0n) is 9.38. The van der Waals surface area contributed by atoms with Gasteiger partial charge in [0.15, 0.2) is 0 Å². The molecule has 0 fully saturated rings. The smallest absolute Gasteiger partial charge is 0.145 e. The van der Waals surface area contributed by atoms with E-state index in [0.717, 1.165) is 17.0 Å². The Bertz CT molecular complexity index is 520. The van der Waals surface area contributed by atoms with Crippen LogP contribution in [0.2, 0.25) is 0 Å². The Kier molecular flexibility index (Phi) is 3.35. The molecule has 86 valence electrons. The molecule has 0 aliphatic rings. The van der Waals surface area contributed by atoms with Gasteiger partial charge in [-0.15, -0.1) is 0 Å². The lowest BCUT2D eigenvalue weighted by Gasteiger charge is -2.06. The molecule has 17 heavy (non-hydrogen) atoms. The zero-order valence-corrected chi connectivity index (χ0v) is 10.2. The summed E-state index contributed by atoms with van der Waals surface area (Å²) in [6, 6.07) is 11.1. The van der Waals surface area contributed by atoms with E-state index >= 15 is 0 Å². The molecule has 2 rings (SSSR count). The maximum atomic E-state index is 5.62. The largest absolute Gasteiger partial charge is 0.456 e. The van der Waals surface area contributed by atoms with Crippen LogP contribution in [0.5, 0.6) is 11.5 Å². The fourth-order valence-electron chi connectivity index (χ4n) is 1.34. The van der Waals surface area contributed by atoms with Crippen LogP contribution in [0.3, 0.4) is 0 Å². The molecule has 4 heteroatoms. The van der Waals surface area contributed by atoms with E-state index in [1.165, 1.54) is 0 Å². The normalized spacial score (nSPS) is 9.94. The Hall–Kier alpha value is -1.94. The third-order valence-corrected chi connectivity index (χ3v) is 2.49. The summed E-state index contributed by atoms with van der Waals surface area (Å²) in [5.74, 6) is 1.44. The number of hydrogen-bond donors (Lipinski definition) is 1. The summed E-state index contributed by atoms with van der Waals surface area (Å²) in [4.78, 5) is 4.54. The van der Waals surface area contributed by atoms with Gasteiger partial charge in [0.25, 0.3) is 0 Å². The fraction of sp³-hybridized carbons (Fsp3) is 0.0769. The number of aryl methyl sites for hydroxylation is 1. The molecular weight excluding hydrogens is 232 g/mol. The number of hydrogen-bond acceptors (Lipinski definition) is 3. The van der Waals surface area contributed by atoms with Gasteiger partial charge in [0.2, 0.25) is 0 Å². The van der Waals surface area contributed by atoms with Gasteiger partial charge < -0.3 is 10.5 Å². The highest BCUT2D eigenvalue weighted by atomic mass is 32.1. The second-order valence-corrected chi connectivity index (χ2v) is 4.07. The molecule has 0 aliphatic heterocycles. The highest BCUT2D eigenvalue weighted by Gasteiger charge is 1.99. The molecule has 2 aromatic rings. The van der Waals surface area contributed by atoms with Crippen molar-refractivity contribution >= 4 is 17.2 Å². The average Bonchev–Trinajstić information content (AvgIpc) is 2.33. The summed E-state index contributed by atoms with van der Waals surface area (Å²) in [7, 11) is 0. The van der Waals surface area contributed by atoms with Gasteiger partial charge in [0.1, 0.15) is 16.5 Å². The minimum Gasteiger partial charge on any atom is -0.456 e. The molecule has 2 N–H and O–H groups in total. The predicted molar refractivity (Wildman–Crippen MR) is 71.4 cm³/mol. The van der Waals surface area contributed by atoms with Crippen molar-refractivity contribution in [2.75, 3.05) is 0 Å². The van der Waals surface area contributed by atoms with E-state index in [1.54, 1.807) is 6.20 Å². The molecular formula is C13H12N2OS. The third kappa shape index (κ3) is 3.01. The molecule has 1 aromatic carbocycles. The predicted octanol–water partition coefficient (Wildman–Crippen LogP) is 2.82. The standard InChI is InChI=1S/C13H12N2OS/c1-9-2-5-12(8-15-9)16-11-6-3-10(4-7-11)13(14)17/h2-8H,1H3,(H2,14,17). The van der Waals surface area contributed by atoms with Crippen molar-refractivity contribution in [1.82, 2.24) is 4.98 Å². The Labute approximate surface area is 105 Å². The molecule has 0 atom stereocenters. The molecule has 1 heterocycles. The highest BCUT2D eigenvalue weighted by Crippen LogP contribution is 2.20. The van der Waals surface area contributed by atoms with E-state index in [9.17, 15) is 0 Å². The number of pyridine rings is 1. The van der Waals surface area contributed by atoms with Crippen molar-refractivity contribution < 1.29 is 4.74 Å². The maximum Gasteiger partial charge on any atom is 0.145 e. The van der Waals surface area contributed by atoms with Crippen molar-refractivity contribution in [1.29, 1.82) is 0 Å². The van der Waals surface area contributed by atoms with Crippen molar-refractivity contribution in [2.24, 2.45) is 5.73 Å². The number of benzene rings is 1. The van der Waals surface area contributed by atoms with Crippen LogP contribution in [0.25, 0.3) is 0 Å². The second-order valence-electron chi connectivity index (χ2n) is 3.63. The molecule has 0 aliphatic carbocycles. The van der Waals surface area contributed by atoms with Gasteiger partial charge >= 0.3 is 0 Å². The minimum atomic E-state index is 0.383. The first-order valence-corrected chi connectivity index (χ1v) is 5.56. The lowest BCUT2D eigenvalue weighted by atomic mass is 10.2. The van der Waals surface area contributed by atoms with Crippen molar-refractivity contribution in [2.45, 2.75) is 6.92 Å². The number of thiocarbonyl (C=S) groups is 1. The number of nitrogens with zero attached hydrogens (tertiary/aromatic N) is 1. The lowest BCUT2D eigenvalue weighted by molar-refractivity contribution is 0.480. The molecule has 0 saturated heterocycles. The number of rotatable bonds is 3. The summed E-state index contributed by atoms with van der Waals surface area (Å²) < 4.78 is 5.62. The SMILES string of the molecule is Cc1ccc(Oc2ccc(C(N)=S)cc2)cn1. The Morgan fingerprint density at radius 3 is 2.29 bits per heavy atom. The summed E-state index contributed by atoms with van der Waals surface area (Å²) in [6.07, 6.45) is 1.69. The second kappa shape index (κ2) is 4.93. The fourth-order valence-corrected chi connectivity index (χ4v) is 1.47. The summed E-state index contributed by atoms with van der Waals surface area (Å²) in [5.41, 5.74) is 7.30. The number of aromatic nitrogens is 1. The van der Waals surface area contributed by atoms with Gasteiger partial charge in [-0.1, -0.05) is 12.2 Å². The van der Waals surface area contributed by atoms with Crippen LogP contribution >= 0.6 is 12.2 Å². The van der Waals surface area contributed by atoms with E-state index in [2.05, 4.69) is 4.98 Å². The first-order chi connectivity index (χ1) is 8.15. The average molecular weight is 244 g/mol. The van der Waals surface area contributed by atoms with Gasteiger partial charge in [0, 0.05) is 11.3 Å². The van der Waals surface area contributed by atoms with Crippen LogP contribution in [-0.4, -0.2) is 9.97 Å². The third-order valence-electron chi connectivity index (χ3n) is 2.26. The van der Waals surface area contributed by atoms with E-state index < -0.39 is 0 Å². The molecule has 0 amide bonds. The van der Waals surface area contributed by atoms with Crippen molar-refractivity contribution in [3.05, 3.63) is 53.9 Å². The van der Waals surface area contributed by atoms with Gasteiger partial charge in [-0.2, -0.15) is 0 Å². The van der Waals surface area contributed by atoms with Crippen LogP contribution in [-0.2, 0) is 0 Å². The Morgan fingerprint density at radius 2 is 1.76 bits per heavy atom. The summed E-state index contributed by atoms with van der Waals surface area (Å²) >= 11 is 4.88. The van der Waals surface area contributed by atoms with Crippen LogP contribution < -0.4 is 10.5 Å². The highest BCUT2D eigenvalue weighted by molar-refractivity contribution is 7.80. The zero-order chi connectivity index (χ0) is 12.3. The summed E-state index contributed by atoms with van der Waals surface area (Å²) in [6.45, 7) is 1.93. The van der Waals surface area contributed by atoms with Crippen LogP contribution in [0.15, 0.2) is 42.6 Å². The van der Waals surface area contributed by atoms with Gasteiger partial charge in [-0.05, 0) is 43.3 Å². The van der Waals surface area contributed by atoms with E-state index in [1.807, 2.05) is 43.3 Å². The Balaban J connectivity index is 2.13. The van der Waals surface area contributed by atoms with Crippen LogP contribution in [0.1, 0.15) is 11.3 Å². The van der Waals surface area contributed by atoms with E-state index in [-0.39, 0.29) is 0 Å². The first-order valence-electron chi connectivity index (χ1n) is 5.15. The van der Waals surface area contributed by atoms with E-state index in [0.29, 0.717) is 10.7 Å². The summed E-state index contributed by atoms with van der Waals surface area (Å²) in [5, 5.41) is 0. The molecule has 3 nitrogen and oxygen atoms in total. The molecule has 0 saturated carbocycles. The van der Waals surface area contributed by atoms with Crippen LogP contribution in [0.4, 0.5) is 0 Å². The molecule has 0 spiro atoms. The topological polar surface area (TPSA) is 48.1 Å². The Morgan fingerprint density at radius 1 is 1.12 bits per heavy atom. The van der Waals surface area contributed by atoms with E-state index in [4.69, 9.17) is 22.7 Å². The minimum absolute atomic E-state index is 0.383. The quantitative estimate of drug-likeness (QED) is 0.843. The molecule has 1 aromatic heterocycles. The molecule has 0 radical (unpaired) electrons. The molecule has 0 unspecified atom stereocenters.